The van der Waals surface area contributed by atoms with Crippen molar-refractivity contribution in [1.82, 2.24) is 15.1 Å². The first kappa shape index (κ1) is 18.2. The molecule has 2 saturated heterocycles. The SMILES string of the molecule is CC(c1ccccc1)N1CCC(NC(=O)N2CCC(CO)CC2)CC1. The Balaban J connectivity index is 1.43. The van der Waals surface area contributed by atoms with Gasteiger partial charge >= 0.3 is 6.03 Å². The van der Waals surface area contributed by atoms with Crippen molar-refractivity contribution in [3.63, 3.8) is 0 Å². The highest BCUT2D eigenvalue weighted by Gasteiger charge is 2.27. The van der Waals surface area contributed by atoms with E-state index in [4.69, 9.17) is 0 Å². The molecule has 1 atom stereocenters. The van der Waals surface area contributed by atoms with Crippen molar-refractivity contribution in [3.8, 4) is 0 Å². The van der Waals surface area contributed by atoms with Crippen LogP contribution in [0.2, 0.25) is 0 Å². The van der Waals surface area contributed by atoms with Crippen LogP contribution in [0.3, 0.4) is 0 Å². The molecule has 5 nitrogen and oxygen atoms in total. The molecular formula is C20H31N3O2. The Morgan fingerprint density at radius 2 is 1.76 bits per heavy atom. The zero-order valence-corrected chi connectivity index (χ0v) is 15.2. The average Bonchev–Trinajstić information content (AvgIpc) is 2.68. The number of hydrogen-bond donors (Lipinski definition) is 2. The zero-order valence-electron chi connectivity index (χ0n) is 15.2. The molecule has 0 bridgehead atoms. The summed E-state index contributed by atoms with van der Waals surface area (Å²) in [6, 6.07) is 11.4. The van der Waals surface area contributed by atoms with E-state index in [-0.39, 0.29) is 18.7 Å². The number of rotatable bonds is 4. The van der Waals surface area contributed by atoms with Crippen LogP contribution in [0.4, 0.5) is 4.79 Å². The van der Waals surface area contributed by atoms with Gasteiger partial charge in [-0.05, 0) is 44.1 Å². The summed E-state index contributed by atoms with van der Waals surface area (Å²) >= 11 is 0. The van der Waals surface area contributed by atoms with E-state index in [0.29, 0.717) is 12.0 Å². The first-order valence-corrected chi connectivity index (χ1v) is 9.62. The Hall–Kier alpha value is -1.59. The third-order valence-corrected chi connectivity index (χ3v) is 5.85. The quantitative estimate of drug-likeness (QED) is 0.882. The van der Waals surface area contributed by atoms with E-state index in [0.717, 1.165) is 51.9 Å². The molecule has 0 spiro atoms. The van der Waals surface area contributed by atoms with Crippen LogP contribution in [0.15, 0.2) is 30.3 Å². The van der Waals surface area contributed by atoms with Crippen LogP contribution in [0, 0.1) is 5.92 Å². The number of amides is 2. The van der Waals surface area contributed by atoms with Gasteiger partial charge in [-0.25, -0.2) is 4.79 Å². The van der Waals surface area contributed by atoms with E-state index in [1.54, 1.807) is 0 Å². The molecule has 0 radical (unpaired) electrons. The van der Waals surface area contributed by atoms with Gasteiger partial charge in [0.1, 0.15) is 0 Å². The lowest BCUT2D eigenvalue weighted by Crippen LogP contribution is -2.51. The van der Waals surface area contributed by atoms with Gasteiger partial charge in [-0.1, -0.05) is 30.3 Å². The summed E-state index contributed by atoms with van der Waals surface area (Å²) in [5.74, 6) is 0.367. The number of hydrogen-bond acceptors (Lipinski definition) is 3. The first-order valence-electron chi connectivity index (χ1n) is 9.62. The van der Waals surface area contributed by atoms with Crippen molar-refractivity contribution >= 4 is 6.03 Å². The molecule has 1 aromatic carbocycles. The number of urea groups is 1. The maximum Gasteiger partial charge on any atom is 0.317 e. The minimum Gasteiger partial charge on any atom is -0.396 e. The van der Waals surface area contributed by atoms with E-state index in [1.165, 1.54) is 5.56 Å². The second kappa shape index (κ2) is 8.68. The maximum atomic E-state index is 12.4. The molecule has 2 N–H and O–H groups in total. The lowest BCUT2D eigenvalue weighted by Gasteiger charge is -2.38. The van der Waals surface area contributed by atoms with Crippen molar-refractivity contribution in [2.75, 3.05) is 32.8 Å². The summed E-state index contributed by atoms with van der Waals surface area (Å²) in [6.07, 6.45) is 3.85. The van der Waals surface area contributed by atoms with E-state index >= 15 is 0 Å². The number of carbonyl (C=O) groups is 1. The number of likely N-dealkylation sites (tertiary alicyclic amines) is 2. The van der Waals surface area contributed by atoms with Gasteiger partial charge in [-0.2, -0.15) is 0 Å². The van der Waals surface area contributed by atoms with Gasteiger partial charge in [0.05, 0.1) is 0 Å². The number of carbonyl (C=O) groups excluding carboxylic acids is 1. The smallest absolute Gasteiger partial charge is 0.317 e. The summed E-state index contributed by atoms with van der Waals surface area (Å²) < 4.78 is 0. The molecule has 5 heteroatoms. The number of benzene rings is 1. The largest absolute Gasteiger partial charge is 0.396 e. The van der Waals surface area contributed by atoms with Gasteiger partial charge in [0.2, 0.25) is 0 Å². The Morgan fingerprint density at radius 3 is 2.36 bits per heavy atom. The number of aliphatic hydroxyl groups is 1. The molecule has 2 heterocycles. The van der Waals surface area contributed by atoms with Crippen molar-refractivity contribution < 1.29 is 9.90 Å². The standard InChI is InChI=1S/C20H31N3O2/c1-16(18-5-3-2-4-6-18)22-13-9-19(10-14-22)21-20(25)23-11-7-17(15-24)8-12-23/h2-6,16-17,19,24H,7-15H2,1H3,(H,21,25). The van der Waals surface area contributed by atoms with Gasteiger partial charge in [-0.3, -0.25) is 4.90 Å². The van der Waals surface area contributed by atoms with E-state index < -0.39 is 0 Å². The third kappa shape index (κ3) is 4.73. The van der Waals surface area contributed by atoms with Crippen LogP contribution in [0.1, 0.15) is 44.2 Å². The molecule has 138 valence electrons. The van der Waals surface area contributed by atoms with Crippen molar-refractivity contribution in [3.05, 3.63) is 35.9 Å². The Bertz CT molecular complexity index is 535. The predicted octanol–water partition coefficient (Wildman–Crippen LogP) is 2.63. The van der Waals surface area contributed by atoms with E-state index in [9.17, 15) is 9.90 Å². The van der Waals surface area contributed by atoms with Gasteiger partial charge < -0.3 is 15.3 Å². The second-order valence-electron chi connectivity index (χ2n) is 7.46. The highest BCUT2D eigenvalue weighted by atomic mass is 16.3. The fraction of sp³-hybridized carbons (Fsp3) is 0.650. The molecule has 0 aromatic heterocycles. The topological polar surface area (TPSA) is 55.8 Å². The van der Waals surface area contributed by atoms with Gasteiger partial charge in [0.15, 0.2) is 0 Å². The molecule has 2 amide bonds. The fourth-order valence-corrected chi connectivity index (χ4v) is 3.96. The minimum atomic E-state index is 0.0750. The predicted molar refractivity (Wildman–Crippen MR) is 99.4 cm³/mol. The fourth-order valence-electron chi connectivity index (χ4n) is 3.96. The number of piperidine rings is 2. The first-order chi connectivity index (χ1) is 12.2. The lowest BCUT2D eigenvalue weighted by molar-refractivity contribution is 0.125. The van der Waals surface area contributed by atoms with E-state index in [1.807, 2.05) is 4.90 Å². The molecule has 1 unspecified atom stereocenters. The third-order valence-electron chi connectivity index (χ3n) is 5.85. The minimum absolute atomic E-state index is 0.0750. The number of aliphatic hydroxyl groups excluding tert-OH is 1. The van der Waals surface area contributed by atoms with Crippen LogP contribution < -0.4 is 5.32 Å². The van der Waals surface area contributed by atoms with Crippen LogP contribution in [0.25, 0.3) is 0 Å². The summed E-state index contributed by atoms with van der Waals surface area (Å²) in [5.41, 5.74) is 1.36. The number of nitrogens with zero attached hydrogens (tertiary/aromatic N) is 2. The molecule has 2 aliphatic heterocycles. The zero-order chi connectivity index (χ0) is 17.6. The van der Waals surface area contributed by atoms with Crippen molar-refractivity contribution in [2.45, 2.75) is 44.7 Å². The van der Waals surface area contributed by atoms with Crippen molar-refractivity contribution in [2.24, 2.45) is 5.92 Å². The second-order valence-corrected chi connectivity index (χ2v) is 7.46. The van der Waals surface area contributed by atoms with Crippen LogP contribution >= 0.6 is 0 Å². The number of nitrogens with one attached hydrogen (secondary N) is 1. The Kier molecular flexibility index (Phi) is 6.32. The van der Waals surface area contributed by atoms with E-state index in [2.05, 4.69) is 47.5 Å². The van der Waals surface area contributed by atoms with Crippen molar-refractivity contribution in [1.29, 1.82) is 0 Å². The van der Waals surface area contributed by atoms with Gasteiger partial charge in [0, 0.05) is 44.9 Å². The highest BCUT2D eigenvalue weighted by Crippen LogP contribution is 2.24. The monoisotopic (exact) mass is 345 g/mol. The molecular weight excluding hydrogens is 314 g/mol. The molecule has 2 aliphatic rings. The van der Waals surface area contributed by atoms with Crippen LogP contribution in [-0.2, 0) is 0 Å². The Labute approximate surface area is 151 Å². The lowest BCUT2D eigenvalue weighted by atomic mass is 9.98. The van der Waals surface area contributed by atoms with Gasteiger partial charge in [-0.15, -0.1) is 0 Å². The molecule has 0 saturated carbocycles. The molecule has 0 aliphatic carbocycles. The normalized spacial score (nSPS) is 21.9. The molecule has 3 rings (SSSR count). The highest BCUT2D eigenvalue weighted by molar-refractivity contribution is 5.74. The summed E-state index contributed by atoms with van der Waals surface area (Å²) in [7, 11) is 0. The molecule has 2 fully saturated rings. The molecule has 1 aromatic rings. The summed E-state index contributed by atoms with van der Waals surface area (Å²) in [5, 5.41) is 12.4. The van der Waals surface area contributed by atoms with Crippen LogP contribution in [-0.4, -0.2) is 59.8 Å². The van der Waals surface area contributed by atoms with Crippen LogP contribution in [0.5, 0.6) is 0 Å². The average molecular weight is 345 g/mol. The molecule has 25 heavy (non-hydrogen) atoms. The van der Waals surface area contributed by atoms with Gasteiger partial charge in [0.25, 0.3) is 0 Å². The summed E-state index contributed by atoms with van der Waals surface area (Å²) in [6.45, 7) is 6.08. The summed E-state index contributed by atoms with van der Waals surface area (Å²) in [4.78, 5) is 16.8. The maximum absolute atomic E-state index is 12.4. The Morgan fingerprint density at radius 1 is 1.12 bits per heavy atom.